The van der Waals surface area contributed by atoms with Crippen LogP contribution >= 0.6 is 42.6 Å². The van der Waals surface area contributed by atoms with Crippen LogP contribution in [-0.2, 0) is 15.1 Å². The van der Waals surface area contributed by atoms with Gasteiger partial charge in [0.05, 0.1) is 0 Å². The van der Waals surface area contributed by atoms with Crippen LogP contribution in [0.4, 0.5) is 0 Å². The van der Waals surface area contributed by atoms with E-state index in [2.05, 4.69) is 6.92 Å². The van der Waals surface area contributed by atoms with E-state index in [1.54, 1.807) is 18.2 Å². The third-order valence-corrected chi connectivity index (χ3v) is 1.77. The molecular formula is C7H5Cl4Zn. The van der Waals surface area contributed by atoms with E-state index in [0.29, 0.717) is 15.6 Å². The standard InChI is InChI=1S/C7H5Cl2.2ClH.Zn/c1-5-6(8)3-2-4-7(5)9;;;/h2-4H,1H2;2*1H;/q;;;+2/p-2. The van der Waals surface area contributed by atoms with Gasteiger partial charge in [0, 0.05) is 10.0 Å². The Kier molecular flexibility index (Phi) is 8.03. The van der Waals surface area contributed by atoms with E-state index < -0.39 is 15.1 Å². The van der Waals surface area contributed by atoms with E-state index in [1.165, 1.54) is 0 Å². The Morgan fingerprint density at radius 2 is 1.42 bits per heavy atom. The van der Waals surface area contributed by atoms with Crippen LogP contribution in [0.15, 0.2) is 18.2 Å². The van der Waals surface area contributed by atoms with E-state index in [1.807, 2.05) is 0 Å². The molecule has 0 fully saturated rings. The summed E-state index contributed by atoms with van der Waals surface area (Å²) in [6, 6.07) is 5.31. The predicted octanol–water partition coefficient (Wildman–Crippen LogP) is 4.55. The van der Waals surface area contributed by atoms with Crippen molar-refractivity contribution in [3.8, 4) is 0 Å². The molecule has 0 saturated heterocycles. The van der Waals surface area contributed by atoms with Crippen LogP contribution in [0.3, 0.4) is 0 Å². The van der Waals surface area contributed by atoms with Gasteiger partial charge in [-0.25, -0.2) is 0 Å². The zero-order valence-corrected chi connectivity index (χ0v) is 12.1. The van der Waals surface area contributed by atoms with E-state index in [0.717, 1.165) is 0 Å². The first kappa shape index (κ1) is 13.0. The Hall–Kier alpha value is 1.00. The molecule has 0 unspecified atom stereocenters. The molecule has 0 atom stereocenters. The van der Waals surface area contributed by atoms with Crippen LogP contribution in [0, 0.1) is 6.92 Å². The molecule has 0 nitrogen and oxygen atoms in total. The van der Waals surface area contributed by atoms with Crippen LogP contribution in [0.1, 0.15) is 5.56 Å². The zero-order chi connectivity index (χ0) is 9.56. The summed E-state index contributed by atoms with van der Waals surface area (Å²) in [6.07, 6.45) is 0. The summed E-state index contributed by atoms with van der Waals surface area (Å²) in [5, 5.41) is 1.23. The van der Waals surface area contributed by atoms with Gasteiger partial charge in [0.2, 0.25) is 0 Å². The Morgan fingerprint density at radius 3 is 1.67 bits per heavy atom. The van der Waals surface area contributed by atoms with E-state index in [-0.39, 0.29) is 0 Å². The molecule has 5 heteroatoms. The summed E-state index contributed by atoms with van der Waals surface area (Å²) in [4.78, 5) is 0. The molecule has 1 aromatic rings. The molecular weight excluding hydrogens is 291 g/mol. The van der Waals surface area contributed by atoms with Gasteiger partial charge in [0.15, 0.2) is 0 Å². The fourth-order valence-corrected chi connectivity index (χ4v) is 0.930. The molecule has 0 aromatic heterocycles. The molecule has 0 spiro atoms. The number of benzene rings is 1. The SMILES string of the molecule is [CH2]c1c(Cl)cccc1Cl.[Cl][Zn][Cl]. The first-order valence-electron chi connectivity index (χ1n) is 3.01. The second-order valence-electron chi connectivity index (χ2n) is 1.80. The minimum absolute atomic E-state index is 0.613. The third-order valence-electron chi connectivity index (χ3n) is 1.06. The average Bonchev–Trinajstić information content (AvgIpc) is 2.02. The molecule has 0 aliphatic carbocycles. The summed E-state index contributed by atoms with van der Waals surface area (Å²) in [5.74, 6) is 0. The van der Waals surface area contributed by atoms with Crippen molar-refractivity contribution < 1.29 is 15.1 Å². The molecule has 0 bridgehead atoms. The number of hydrogen-bond donors (Lipinski definition) is 0. The number of hydrogen-bond acceptors (Lipinski definition) is 0. The topological polar surface area (TPSA) is 0 Å². The van der Waals surface area contributed by atoms with Crippen LogP contribution < -0.4 is 0 Å². The molecule has 0 aliphatic rings. The molecule has 0 heterocycles. The molecule has 1 rings (SSSR count). The zero-order valence-electron chi connectivity index (χ0n) is 6.16. The maximum atomic E-state index is 5.67. The van der Waals surface area contributed by atoms with Gasteiger partial charge in [-0.15, -0.1) is 0 Å². The molecule has 1 aromatic carbocycles. The normalized spacial score (nSPS) is 8.08. The van der Waals surface area contributed by atoms with Crippen molar-refractivity contribution >= 4 is 42.6 Å². The summed E-state index contributed by atoms with van der Waals surface area (Å²) in [6.45, 7) is 3.66. The van der Waals surface area contributed by atoms with Gasteiger partial charge in [-0.3, -0.25) is 0 Å². The van der Waals surface area contributed by atoms with Crippen molar-refractivity contribution in [1.29, 1.82) is 0 Å². The second kappa shape index (κ2) is 7.41. The van der Waals surface area contributed by atoms with Gasteiger partial charge in [0.25, 0.3) is 0 Å². The summed E-state index contributed by atoms with van der Waals surface area (Å²) >= 11 is 10.4. The molecule has 12 heavy (non-hydrogen) atoms. The second-order valence-corrected chi connectivity index (χ2v) is 7.24. The summed E-state index contributed by atoms with van der Waals surface area (Å²) in [5.41, 5.74) is 0.695. The van der Waals surface area contributed by atoms with Gasteiger partial charge in [-0.2, -0.15) is 0 Å². The van der Waals surface area contributed by atoms with Crippen LogP contribution in [0.2, 0.25) is 10.0 Å². The van der Waals surface area contributed by atoms with Crippen molar-refractivity contribution in [3.63, 3.8) is 0 Å². The first-order chi connectivity index (χ1) is 5.63. The Balaban J connectivity index is 0.000000354. The van der Waals surface area contributed by atoms with Crippen molar-refractivity contribution in [3.05, 3.63) is 40.7 Å². The van der Waals surface area contributed by atoms with Gasteiger partial charge in [-0.05, 0) is 24.6 Å². The van der Waals surface area contributed by atoms with Crippen molar-refractivity contribution in [2.24, 2.45) is 0 Å². The molecule has 0 aliphatic heterocycles. The molecule has 0 amide bonds. The van der Waals surface area contributed by atoms with Crippen molar-refractivity contribution in [2.45, 2.75) is 0 Å². The third kappa shape index (κ3) is 4.89. The van der Waals surface area contributed by atoms with E-state index >= 15 is 0 Å². The molecule has 63 valence electrons. The molecule has 0 N–H and O–H groups in total. The number of rotatable bonds is 0. The van der Waals surface area contributed by atoms with E-state index in [9.17, 15) is 0 Å². The van der Waals surface area contributed by atoms with Crippen LogP contribution in [0.5, 0.6) is 0 Å². The first-order valence-corrected chi connectivity index (χ1v) is 11.6. The fraction of sp³-hybridized carbons (Fsp3) is 0. The predicted molar refractivity (Wildman–Crippen MR) is 52.6 cm³/mol. The van der Waals surface area contributed by atoms with Crippen LogP contribution in [0.25, 0.3) is 0 Å². The van der Waals surface area contributed by atoms with Gasteiger partial charge in [0.1, 0.15) is 0 Å². The van der Waals surface area contributed by atoms with Crippen molar-refractivity contribution in [2.75, 3.05) is 0 Å². The summed E-state index contributed by atoms with van der Waals surface area (Å²) in [7, 11) is 9.90. The summed E-state index contributed by atoms with van der Waals surface area (Å²) < 4.78 is 0. The Labute approximate surface area is 97.8 Å². The van der Waals surface area contributed by atoms with Crippen LogP contribution in [-0.4, -0.2) is 0 Å². The Morgan fingerprint density at radius 1 is 1.08 bits per heavy atom. The van der Waals surface area contributed by atoms with Gasteiger partial charge >= 0.3 is 34.5 Å². The monoisotopic (exact) mass is 293 g/mol. The quantitative estimate of drug-likeness (QED) is 0.616. The fourth-order valence-electron chi connectivity index (χ4n) is 0.532. The van der Waals surface area contributed by atoms with E-state index in [4.69, 9.17) is 42.6 Å². The minimum atomic E-state index is -0.931. The average molecular weight is 296 g/mol. The van der Waals surface area contributed by atoms with Gasteiger partial charge in [-0.1, -0.05) is 29.3 Å². The number of halogens is 4. The van der Waals surface area contributed by atoms with Gasteiger partial charge < -0.3 is 0 Å². The molecule has 0 saturated carbocycles. The maximum absolute atomic E-state index is 5.67. The van der Waals surface area contributed by atoms with Crippen molar-refractivity contribution in [1.82, 2.24) is 0 Å². The molecule has 1 radical (unpaired) electrons. The Bertz CT molecular complexity index is 219.